The lowest BCUT2D eigenvalue weighted by molar-refractivity contribution is 0.0335. The molecular weight excluding hydrogens is 497 g/mol. The third-order valence-corrected chi connectivity index (χ3v) is 7.34. The molecule has 1 aliphatic carbocycles. The number of carbonyl (C=O) groups is 2. The quantitative estimate of drug-likeness (QED) is 0.348. The first kappa shape index (κ1) is 24.6. The maximum Gasteiger partial charge on any atom is 0.341 e. The summed E-state index contributed by atoms with van der Waals surface area (Å²) in [4.78, 5) is 27.0. The number of ether oxygens (including phenoxy) is 2. The minimum absolute atomic E-state index is 0.0639. The van der Waals surface area contributed by atoms with Gasteiger partial charge in [-0.25, -0.2) is 9.48 Å². The van der Waals surface area contributed by atoms with Crippen molar-refractivity contribution in [1.82, 2.24) is 9.78 Å². The molecule has 3 aromatic rings. The van der Waals surface area contributed by atoms with Crippen LogP contribution in [0.2, 0.25) is 10.0 Å². The lowest BCUT2D eigenvalue weighted by Gasteiger charge is -2.15. The van der Waals surface area contributed by atoms with E-state index in [2.05, 4.69) is 10.4 Å². The molecule has 0 fully saturated rings. The summed E-state index contributed by atoms with van der Waals surface area (Å²) in [6.07, 6.45) is 5.97. The number of fused-ring (bicyclic) bond motifs is 1. The maximum absolute atomic E-state index is 13.0. The number of aryl methyl sites for hydroxylation is 1. The SMILES string of the molecule is CCC(C)OC(=O)c1c(NC(=O)c2ccn(COc3ccc(Cl)cc3Cl)n2)sc2c1CCCC2. The number of anilines is 1. The topological polar surface area (TPSA) is 82.5 Å². The highest BCUT2D eigenvalue weighted by Gasteiger charge is 2.28. The molecule has 1 aliphatic rings. The van der Waals surface area contributed by atoms with Gasteiger partial charge in [-0.15, -0.1) is 11.3 Å². The standard InChI is InChI=1S/C24H25Cl2N3O4S/c1-3-14(2)33-24(31)21-16-6-4-5-7-20(16)34-23(21)27-22(30)18-10-11-29(28-18)13-32-19-9-8-15(25)12-17(19)26/h8-12,14H,3-7,13H2,1-2H3,(H,27,30). The van der Waals surface area contributed by atoms with Crippen LogP contribution in [0, 0.1) is 0 Å². The van der Waals surface area contributed by atoms with Gasteiger partial charge in [0.2, 0.25) is 0 Å². The van der Waals surface area contributed by atoms with Crippen molar-refractivity contribution in [3.05, 3.63) is 62.2 Å². The highest BCUT2D eigenvalue weighted by molar-refractivity contribution is 7.17. The number of thiophene rings is 1. The summed E-state index contributed by atoms with van der Waals surface area (Å²) < 4.78 is 12.7. The minimum atomic E-state index is -0.403. The maximum atomic E-state index is 13.0. The molecule has 7 nitrogen and oxygen atoms in total. The Labute approximate surface area is 212 Å². The average Bonchev–Trinajstić information content (AvgIpc) is 3.42. The van der Waals surface area contributed by atoms with E-state index in [9.17, 15) is 9.59 Å². The first-order valence-corrected chi connectivity index (χ1v) is 12.7. The number of rotatable bonds is 8. The molecule has 1 N–H and O–H groups in total. The summed E-state index contributed by atoms with van der Waals surface area (Å²) in [7, 11) is 0. The molecule has 1 atom stereocenters. The van der Waals surface area contributed by atoms with Gasteiger partial charge < -0.3 is 14.8 Å². The Kier molecular flexibility index (Phi) is 7.80. The van der Waals surface area contributed by atoms with E-state index >= 15 is 0 Å². The van der Waals surface area contributed by atoms with Crippen LogP contribution in [0.4, 0.5) is 5.00 Å². The number of halogens is 2. The molecule has 0 saturated carbocycles. The fourth-order valence-electron chi connectivity index (χ4n) is 3.64. The van der Waals surface area contributed by atoms with Crippen molar-refractivity contribution in [2.24, 2.45) is 0 Å². The Balaban J connectivity index is 1.48. The summed E-state index contributed by atoms with van der Waals surface area (Å²) >= 11 is 13.5. The van der Waals surface area contributed by atoms with Crippen molar-refractivity contribution in [3.8, 4) is 5.75 Å². The monoisotopic (exact) mass is 521 g/mol. The molecule has 1 aromatic carbocycles. The number of hydrogen-bond acceptors (Lipinski definition) is 6. The highest BCUT2D eigenvalue weighted by Crippen LogP contribution is 2.39. The summed E-state index contributed by atoms with van der Waals surface area (Å²) in [6.45, 7) is 3.89. The summed E-state index contributed by atoms with van der Waals surface area (Å²) in [5.41, 5.74) is 1.69. The van der Waals surface area contributed by atoms with Crippen LogP contribution in [0.5, 0.6) is 5.75 Å². The molecule has 0 bridgehead atoms. The normalized spacial score (nSPS) is 13.8. The van der Waals surface area contributed by atoms with E-state index in [1.165, 1.54) is 16.0 Å². The molecule has 34 heavy (non-hydrogen) atoms. The zero-order chi connectivity index (χ0) is 24.2. The van der Waals surface area contributed by atoms with Gasteiger partial charge in [-0.2, -0.15) is 5.10 Å². The van der Waals surface area contributed by atoms with Gasteiger partial charge in [0.1, 0.15) is 10.8 Å². The zero-order valence-corrected chi connectivity index (χ0v) is 21.2. The van der Waals surface area contributed by atoms with E-state index in [-0.39, 0.29) is 24.5 Å². The van der Waals surface area contributed by atoms with Gasteiger partial charge in [0, 0.05) is 16.1 Å². The molecule has 10 heteroatoms. The molecule has 2 aromatic heterocycles. The van der Waals surface area contributed by atoms with Crippen molar-refractivity contribution in [1.29, 1.82) is 0 Å². The van der Waals surface area contributed by atoms with Gasteiger partial charge in [0.05, 0.1) is 16.7 Å². The van der Waals surface area contributed by atoms with Gasteiger partial charge in [-0.05, 0) is 68.9 Å². The molecule has 2 heterocycles. The molecule has 180 valence electrons. The molecule has 1 unspecified atom stereocenters. The van der Waals surface area contributed by atoms with Gasteiger partial charge in [-0.1, -0.05) is 30.1 Å². The predicted octanol–water partition coefficient (Wildman–Crippen LogP) is 6.37. The van der Waals surface area contributed by atoms with E-state index in [1.807, 2.05) is 13.8 Å². The fraction of sp³-hybridized carbons (Fsp3) is 0.375. The van der Waals surface area contributed by atoms with Crippen LogP contribution in [-0.2, 0) is 24.3 Å². The molecule has 0 radical (unpaired) electrons. The average molecular weight is 522 g/mol. The van der Waals surface area contributed by atoms with E-state index < -0.39 is 5.91 Å². The number of aromatic nitrogens is 2. The summed E-state index contributed by atoms with van der Waals surface area (Å²) in [6, 6.07) is 6.52. The number of carbonyl (C=O) groups excluding carboxylic acids is 2. The number of amides is 1. The Hall–Kier alpha value is -2.55. The third kappa shape index (κ3) is 5.56. The predicted molar refractivity (Wildman–Crippen MR) is 133 cm³/mol. The Morgan fingerprint density at radius 1 is 1.24 bits per heavy atom. The number of nitrogens with zero attached hydrogens (tertiary/aromatic N) is 2. The largest absolute Gasteiger partial charge is 0.470 e. The van der Waals surface area contributed by atoms with Gasteiger partial charge in [-0.3, -0.25) is 4.79 Å². The van der Waals surface area contributed by atoms with Crippen LogP contribution in [0.25, 0.3) is 0 Å². The number of hydrogen-bond donors (Lipinski definition) is 1. The zero-order valence-electron chi connectivity index (χ0n) is 18.9. The van der Waals surface area contributed by atoms with E-state index in [1.54, 1.807) is 30.5 Å². The van der Waals surface area contributed by atoms with E-state index in [0.29, 0.717) is 26.4 Å². The van der Waals surface area contributed by atoms with Gasteiger partial charge in [0.25, 0.3) is 5.91 Å². The molecule has 1 amide bonds. The Morgan fingerprint density at radius 2 is 2.03 bits per heavy atom. The van der Waals surface area contributed by atoms with Crippen LogP contribution in [0.1, 0.15) is 64.4 Å². The van der Waals surface area contributed by atoms with Crippen molar-refractivity contribution in [2.45, 2.75) is 58.8 Å². The number of esters is 1. The Bertz CT molecular complexity index is 1210. The smallest absolute Gasteiger partial charge is 0.341 e. The lowest BCUT2D eigenvalue weighted by atomic mass is 9.95. The second-order valence-corrected chi connectivity index (χ2v) is 10.0. The minimum Gasteiger partial charge on any atom is -0.470 e. The molecule has 0 aliphatic heterocycles. The fourth-order valence-corrected chi connectivity index (χ4v) is 5.38. The molecule has 0 spiro atoms. The van der Waals surface area contributed by atoms with Crippen LogP contribution in [0.3, 0.4) is 0 Å². The van der Waals surface area contributed by atoms with Crippen LogP contribution in [0.15, 0.2) is 30.5 Å². The summed E-state index contributed by atoms with van der Waals surface area (Å²) in [5, 5.41) is 8.59. The second-order valence-electron chi connectivity index (χ2n) is 8.08. The van der Waals surface area contributed by atoms with Crippen molar-refractivity contribution >= 4 is 51.4 Å². The molecule has 0 saturated heterocycles. The third-order valence-electron chi connectivity index (χ3n) is 5.61. The van der Waals surface area contributed by atoms with E-state index in [0.717, 1.165) is 42.5 Å². The van der Waals surface area contributed by atoms with Crippen LogP contribution in [-0.4, -0.2) is 27.8 Å². The lowest BCUT2D eigenvalue weighted by Crippen LogP contribution is -2.19. The second kappa shape index (κ2) is 10.8. The van der Waals surface area contributed by atoms with Crippen molar-refractivity contribution in [3.63, 3.8) is 0 Å². The Morgan fingerprint density at radius 3 is 2.79 bits per heavy atom. The van der Waals surface area contributed by atoms with Crippen molar-refractivity contribution in [2.75, 3.05) is 5.32 Å². The molecule has 4 rings (SSSR count). The van der Waals surface area contributed by atoms with Gasteiger partial charge in [0.15, 0.2) is 12.4 Å². The number of nitrogens with one attached hydrogen (secondary N) is 1. The first-order valence-electron chi connectivity index (χ1n) is 11.1. The summed E-state index contributed by atoms with van der Waals surface area (Å²) in [5.74, 6) is -0.330. The molecular formula is C24H25Cl2N3O4S. The first-order chi connectivity index (χ1) is 16.4. The van der Waals surface area contributed by atoms with Gasteiger partial charge >= 0.3 is 5.97 Å². The highest BCUT2D eigenvalue weighted by atomic mass is 35.5. The van der Waals surface area contributed by atoms with Crippen molar-refractivity contribution < 1.29 is 19.1 Å². The number of benzene rings is 1. The van der Waals surface area contributed by atoms with Crippen LogP contribution >= 0.6 is 34.5 Å². The van der Waals surface area contributed by atoms with Crippen LogP contribution < -0.4 is 10.1 Å². The van der Waals surface area contributed by atoms with E-state index in [4.69, 9.17) is 32.7 Å².